The van der Waals surface area contributed by atoms with Gasteiger partial charge in [0.25, 0.3) is 0 Å². The summed E-state index contributed by atoms with van der Waals surface area (Å²) in [7, 11) is 0. The lowest BCUT2D eigenvalue weighted by Crippen LogP contribution is -2.28. The molecule has 40 heavy (non-hydrogen) atoms. The second-order valence-corrected chi connectivity index (χ2v) is 10.2. The molecule has 5 rings (SSSR count). The van der Waals surface area contributed by atoms with Crippen LogP contribution in [0.2, 0.25) is 0 Å². The van der Waals surface area contributed by atoms with Crippen LogP contribution in [0.15, 0.2) is 97.1 Å². The van der Waals surface area contributed by atoms with E-state index in [1.54, 1.807) is 0 Å². The van der Waals surface area contributed by atoms with Gasteiger partial charge in [-0.15, -0.1) is 6.42 Å². The maximum absolute atomic E-state index is 10.1. The minimum Gasteiger partial charge on any atom is -0.493 e. The average Bonchev–Trinajstić information content (AvgIpc) is 3.31. The van der Waals surface area contributed by atoms with Crippen molar-refractivity contribution in [1.82, 2.24) is 0 Å². The lowest BCUT2D eigenvalue weighted by molar-refractivity contribution is 0.0229. The van der Waals surface area contributed by atoms with Crippen molar-refractivity contribution in [3.8, 4) is 35.0 Å². The van der Waals surface area contributed by atoms with Crippen LogP contribution in [0, 0.1) is 18.3 Å². The van der Waals surface area contributed by atoms with Crippen molar-refractivity contribution in [3.63, 3.8) is 0 Å². The third-order valence-electron chi connectivity index (χ3n) is 7.31. The van der Waals surface area contributed by atoms with E-state index in [1.165, 1.54) is 22.3 Å². The third-order valence-corrected chi connectivity index (χ3v) is 7.31. The molecule has 0 saturated heterocycles. The molecule has 0 spiro atoms. The molecule has 0 aromatic heterocycles. The molecule has 2 atom stereocenters. The maximum Gasteiger partial charge on any atom is 0.119 e. The second-order valence-electron chi connectivity index (χ2n) is 10.2. The van der Waals surface area contributed by atoms with Crippen LogP contribution in [0.1, 0.15) is 29.2 Å². The quantitative estimate of drug-likeness (QED) is 0.165. The van der Waals surface area contributed by atoms with Crippen molar-refractivity contribution in [2.24, 2.45) is 5.92 Å². The fraction of sp³-hybridized carbons (Fsp3) is 0.257. The van der Waals surface area contributed by atoms with Gasteiger partial charge in [0.05, 0.1) is 18.6 Å². The molecule has 204 valence electrons. The van der Waals surface area contributed by atoms with Crippen molar-refractivity contribution in [1.29, 1.82) is 0 Å². The molecule has 5 nitrogen and oxygen atoms in total. The summed E-state index contributed by atoms with van der Waals surface area (Å²) >= 11 is 0. The lowest BCUT2D eigenvalue weighted by atomic mass is 9.68. The molecule has 2 unspecified atom stereocenters. The largest absolute Gasteiger partial charge is 0.493 e. The maximum atomic E-state index is 10.1. The number of terminal acetylenes is 1. The van der Waals surface area contributed by atoms with E-state index in [-0.39, 0.29) is 32.3 Å². The topological polar surface area (TPSA) is 68.2 Å². The van der Waals surface area contributed by atoms with Gasteiger partial charge < -0.3 is 24.4 Å². The first-order valence-corrected chi connectivity index (χ1v) is 13.5. The molecular formula is C35H34O5. The Kier molecular flexibility index (Phi) is 8.52. The zero-order valence-corrected chi connectivity index (χ0v) is 22.6. The van der Waals surface area contributed by atoms with Gasteiger partial charge in [-0.2, -0.15) is 0 Å². The molecule has 1 aliphatic carbocycles. The molecule has 5 heteroatoms. The molecule has 1 aliphatic rings. The van der Waals surface area contributed by atoms with E-state index in [1.807, 2.05) is 31.2 Å². The van der Waals surface area contributed by atoms with E-state index in [4.69, 9.17) is 20.6 Å². The Hall–Kier alpha value is -4.08. The highest BCUT2D eigenvalue weighted by molar-refractivity contribution is 5.86. The smallest absolute Gasteiger partial charge is 0.119 e. The molecule has 0 radical (unpaired) electrons. The standard InChI is InChI=1S/C35H34O5/c1-3-20-38-23-28(37)24-40-30-18-14-27(15-19-30)35(26-12-16-29(17-13-26)39-22-25(2)21-36)33-10-6-4-8-31(33)32-9-5-7-11-34(32)35/h1,4-19,25,28,36-37H,20-24H2,2H3. The zero-order valence-electron chi connectivity index (χ0n) is 22.6. The van der Waals surface area contributed by atoms with E-state index in [0.29, 0.717) is 12.4 Å². The normalized spacial score (nSPS) is 14.4. The molecule has 0 saturated carbocycles. The van der Waals surface area contributed by atoms with Gasteiger partial charge in [-0.3, -0.25) is 0 Å². The summed E-state index contributed by atoms with van der Waals surface area (Å²) in [5.74, 6) is 3.89. The average molecular weight is 535 g/mol. The van der Waals surface area contributed by atoms with Gasteiger partial charge in [0.1, 0.15) is 30.8 Å². The van der Waals surface area contributed by atoms with Crippen molar-refractivity contribution < 1.29 is 24.4 Å². The molecule has 2 N–H and O–H groups in total. The summed E-state index contributed by atoms with van der Waals surface area (Å²) in [6.07, 6.45) is 4.42. The lowest BCUT2D eigenvalue weighted by Gasteiger charge is -2.34. The first-order chi connectivity index (χ1) is 19.6. The van der Waals surface area contributed by atoms with E-state index in [2.05, 4.69) is 78.7 Å². The SMILES string of the molecule is C#CCOCC(O)COc1ccc(C2(c3ccc(OCC(C)CO)cc3)c3ccccc3-c3ccccc32)cc1. The number of benzene rings is 4. The van der Waals surface area contributed by atoms with Crippen LogP contribution >= 0.6 is 0 Å². The summed E-state index contributed by atoms with van der Waals surface area (Å²) in [6.45, 7) is 2.89. The predicted octanol–water partition coefficient (Wildman–Crippen LogP) is 5.45. The highest BCUT2D eigenvalue weighted by Crippen LogP contribution is 2.56. The van der Waals surface area contributed by atoms with Crippen LogP contribution in [0.3, 0.4) is 0 Å². The highest BCUT2D eigenvalue weighted by Gasteiger charge is 2.45. The fourth-order valence-electron chi connectivity index (χ4n) is 5.41. The fourth-order valence-corrected chi connectivity index (χ4v) is 5.41. The van der Waals surface area contributed by atoms with Crippen LogP contribution in [-0.2, 0) is 10.2 Å². The molecular weight excluding hydrogens is 500 g/mol. The van der Waals surface area contributed by atoms with Crippen LogP contribution < -0.4 is 9.47 Å². The molecule has 4 aromatic rings. The number of hydrogen-bond donors (Lipinski definition) is 2. The minimum atomic E-state index is -0.769. The Labute approximate surface area is 236 Å². The highest BCUT2D eigenvalue weighted by atomic mass is 16.5. The molecule has 0 aliphatic heterocycles. The van der Waals surface area contributed by atoms with Gasteiger partial charge in [0.2, 0.25) is 0 Å². The number of hydrogen-bond acceptors (Lipinski definition) is 5. The summed E-state index contributed by atoms with van der Waals surface area (Å²) < 4.78 is 17.0. The van der Waals surface area contributed by atoms with Crippen molar-refractivity contribution in [2.45, 2.75) is 18.4 Å². The summed E-state index contributed by atoms with van der Waals surface area (Å²) in [5.41, 5.74) is 6.56. The molecule has 0 bridgehead atoms. The molecule has 4 aromatic carbocycles. The van der Waals surface area contributed by atoms with E-state index in [0.717, 1.165) is 16.9 Å². The van der Waals surface area contributed by atoms with Crippen LogP contribution in [-0.4, -0.2) is 49.4 Å². The Morgan fingerprint density at radius 1 is 0.725 bits per heavy atom. The minimum absolute atomic E-state index is 0.0666. The van der Waals surface area contributed by atoms with E-state index < -0.39 is 11.5 Å². The molecule has 0 amide bonds. The molecule has 0 heterocycles. The number of aliphatic hydroxyl groups excluding tert-OH is 2. The van der Waals surface area contributed by atoms with Gasteiger partial charge in [-0.05, 0) is 57.6 Å². The monoisotopic (exact) mass is 534 g/mol. The Bertz CT molecular complexity index is 1410. The molecule has 0 fully saturated rings. The first kappa shape index (κ1) is 27.5. The number of aliphatic hydroxyl groups is 2. The predicted molar refractivity (Wildman–Crippen MR) is 157 cm³/mol. The number of ether oxygens (including phenoxy) is 3. The first-order valence-electron chi connectivity index (χ1n) is 13.5. The van der Waals surface area contributed by atoms with Gasteiger partial charge in [0, 0.05) is 12.5 Å². The van der Waals surface area contributed by atoms with Gasteiger partial charge in [0.15, 0.2) is 0 Å². The van der Waals surface area contributed by atoms with Gasteiger partial charge in [-0.25, -0.2) is 0 Å². The second kappa shape index (κ2) is 12.4. The van der Waals surface area contributed by atoms with Crippen molar-refractivity contribution in [2.75, 3.05) is 33.0 Å². The van der Waals surface area contributed by atoms with E-state index in [9.17, 15) is 10.2 Å². The Morgan fingerprint density at radius 2 is 1.23 bits per heavy atom. The summed E-state index contributed by atoms with van der Waals surface area (Å²) in [4.78, 5) is 0. The van der Waals surface area contributed by atoms with Gasteiger partial charge in [-0.1, -0.05) is 85.6 Å². The van der Waals surface area contributed by atoms with Crippen LogP contribution in [0.4, 0.5) is 0 Å². The summed E-state index contributed by atoms with van der Waals surface area (Å²) in [6, 6.07) is 33.5. The zero-order chi connectivity index (χ0) is 28.0. The van der Waals surface area contributed by atoms with Crippen LogP contribution in [0.5, 0.6) is 11.5 Å². The van der Waals surface area contributed by atoms with Gasteiger partial charge >= 0.3 is 0 Å². The Balaban J connectivity index is 1.52. The van der Waals surface area contributed by atoms with Crippen molar-refractivity contribution >= 4 is 0 Å². The number of rotatable bonds is 12. The Morgan fingerprint density at radius 3 is 1.73 bits per heavy atom. The third kappa shape index (κ3) is 5.35. The summed E-state index contributed by atoms with van der Waals surface area (Å²) in [5, 5.41) is 19.5. The van der Waals surface area contributed by atoms with Crippen molar-refractivity contribution in [3.05, 3.63) is 119 Å². The van der Waals surface area contributed by atoms with E-state index >= 15 is 0 Å². The number of fused-ring (bicyclic) bond motifs is 3. The van der Waals surface area contributed by atoms with Crippen LogP contribution in [0.25, 0.3) is 11.1 Å².